The molecule has 3 rings (SSSR count). The van der Waals surface area contributed by atoms with E-state index in [0.717, 1.165) is 22.4 Å². The molecule has 5 heteroatoms. The summed E-state index contributed by atoms with van der Waals surface area (Å²) >= 11 is 0. The standard InChI is InChI=1S/C15H17NO4/c1-16-13(17)7-9-2-3-10(6-12(9)15(16)19)14(18)11-4-5-20-8-11/h2-3,6,11,14,18H,4-5,7-8H2,1H3. The molecule has 20 heavy (non-hydrogen) atoms. The second-order valence-corrected chi connectivity index (χ2v) is 5.42. The fraction of sp³-hybridized carbons (Fsp3) is 0.467. The zero-order valence-electron chi connectivity index (χ0n) is 11.3. The molecular weight excluding hydrogens is 258 g/mol. The molecule has 2 unspecified atom stereocenters. The fourth-order valence-corrected chi connectivity index (χ4v) is 2.78. The van der Waals surface area contributed by atoms with Crippen LogP contribution in [0.15, 0.2) is 18.2 Å². The van der Waals surface area contributed by atoms with Crippen LogP contribution in [0.3, 0.4) is 0 Å². The minimum absolute atomic E-state index is 0.0751. The minimum atomic E-state index is -0.626. The number of fused-ring (bicyclic) bond motifs is 1. The number of benzene rings is 1. The molecular formula is C15H17NO4. The largest absolute Gasteiger partial charge is 0.388 e. The monoisotopic (exact) mass is 275 g/mol. The van der Waals surface area contributed by atoms with E-state index in [9.17, 15) is 14.7 Å². The zero-order valence-corrected chi connectivity index (χ0v) is 11.3. The van der Waals surface area contributed by atoms with Gasteiger partial charge in [0, 0.05) is 25.1 Å². The molecule has 2 heterocycles. The van der Waals surface area contributed by atoms with E-state index in [2.05, 4.69) is 0 Å². The van der Waals surface area contributed by atoms with Gasteiger partial charge in [-0.05, 0) is 23.6 Å². The average molecular weight is 275 g/mol. The molecule has 0 saturated carbocycles. The summed E-state index contributed by atoms with van der Waals surface area (Å²) in [5.74, 6) is -0.418. The van der Waals surface area contributed by atoms with E-state index in [-0.39, 0.29) is 24.2 Å². The Morgan fingerprint density at radius 3 is 2.90 bits per heavy atom. The predicted octanol–water partition coefficient (Wildman–Crippen LogP) is 0.911. The number of hydrogen-bond acceptors (Lipinski definition) is 4. The Morgan fingerprint density at radius 1 is 1.40 bits per heavy atom. The predicted molar refractivity (Wildman–Crippen MR) is 71.1 cm³/mol. The van der Waals surface area contributed by atoms with E-state index >= 15 is 0 Å². The van der Waals surface area contributed by atoms with E-state index < -0.39 is 6.10 Å². The highest BCUT2D eigenvalue weighted by Crippen LogP contribution is 2.31. The number of carbonyl (C=O) groups excluding carboxylic acids is 2. The Morgan fingerprint density at radius 2 is 2.20 bits per heavy atom. The number of imide groups is 1. The van der Waals surface area contributed by atoms with Crippen LogP contribution in [-0.4, -0.2) is 42.1 Å². The molecule has 2 aliphatic rings. The van der Waals surface area contributed by atoms with Gasteiger partial charge < -0.3 is 9.84 Å². The number of ether oxygens (including phenoxy) is 1. The molecule has 0 spiro atoms. The molecule has 2 atom stereocenters. The van der Waals surface area contributed by atoms with Gasteiger partial charge in [0.2, 0.25) is 5.91 Å². The summed E-state index contributed by atoms with van der Waals surface area (Å²) in [7, 11) is 1.49. The third kappa shape index (κ3) is 2.13. The number of carbonyl (C=O) groups is 2. The first-order valence-corrected chi connectivity index (χ1v) is 6.77. The Labute approximate surface area is 117 Å². The maximum absolute atomic E-state index is 12.1. The van der Waals surface area contributed by atoms with Gasteiger partial charge in [0.1, 0.15) is 0 Å². The van der Waals surface area contributed by atoms with Gasteiger partial charge in [-0.1, -0.05) is 12.1 Å². The lowest BCUT2D eigenvalue weighted by atomic mass is 9.90. The smallest absolute Gasteiger partial charge is 0.260 e. The van der Waals surface area contributed by atoms with Crippen LogP contribution in [0.2, 0.25) is 0 Å². The van der Waals surface area contributed by atoms with Crippen molar-refractivity contribution in [1.82, 2.24) is 4.90 Å². The van der Waals surface area contributed by atoms with Crippen LogP contribution in [0.1, 0.15) is 34.0 Å². The second-order valence-electron chi connectivity index (χ2n) is 5.42. The summed E-state index contributed by atoms with van der Waals surface area (Å²) in [6.07, 6.45) is 0.434. The van der Waals surface area contributed by atoms with Crippen molar-refractivity contribution in [3.63, 3.8) is 0 Å². The first-order valence-electron chi connectivity index (χ1n) is 6.77. The third-order valence-electron chi connectivity index (χ3n) is 4.14. The average Bonchev–Trinajstić information content (AvgIpc) is 2.98. The number of hydrogen-bond donors (Lipinski definition) is 1. The van der Waals surface area contributed by atoms with E-state index in [1.54, 1.807) is 18.2 Å². The van der Waals surface area contributed by atoms with E-state index in [0.29, 0.717) is 18.8 Å². The van der Waals surface area contributed by atoms with Gasteiger partial charge in [0.15, 0.2) is 0 Å². The van der Waals surface area contributed by atoms with Crippen molar-refractivity contribution >= 4 is 11.8 Å². The van der Waals surface area contributed by atoms with Crippen LogP contribution in [0.5, 0.6) is 0 Å². The second kappa shape index (κ2) is 5.00. The molecule has 1 N–H and O–H groups in total. The summed E-state index contributed by atoms with van der Waals surface area (Å²) in [6, 6.07) is 5.28. The first kappa shape index (κ1) is 13.3. The van der Waals surface area contributed by atoms with Crippen molar-refractivity contribution in [2.24, 2.45) is 5.92 Å². The summed E-state index contributed by atoms with van der Waals surface area (Å²) in [5.41, 5.74) is 1.97. The lowest BCUT2D eigenvalue weighted by Gasteiger charge is -2.25. The molecule has 0 aliphatic carbocycles. The third-order valence-corrected chi connectivity index (χ3v) is 4.14. The highest BCUT2D eigenvalue weighted by atomic mass is 16.5. The van der Waals surface area contributed by atoms with Crippen LogP contribution in [0.25, 0.3) is 0 Å². The van der Waals surface area contributed by atoms with E-state index in [4.69, 9.17) is 4.74 Å². The topological polar surface area (TPSA) is 66.8 Å². The Bertz CT molecular complexity index is 563. The molecule has 1 aromatic rings. The molecule has 0 radical (unpaired) electrons. The van der Waals surface area contributed by atoms with Gasteiger partial charge in [0.05, 0.1) is 19.1 Å². The molecule has 5 nitrogen and oxygen atoms in total. The minimum Gasteiger partial charge on any atom is -0.388 e. The van der Waals surface area contributed by atoms with Gasteiger partial charge in [-0.25, -0.2) is 0 Å². The summed E-state index contributed by atoms with van der Waals surface area (Å²) in [5, 5.41) is 10.4. The quantitative estimate of drug-likeness (QED) is 0.815. The van der Waals surface area contributed by atoms with Crippen molar-refractivity contribution in [2.45, 2.75) is 18.9 Å². The number of nitrogens with zero attached hydrogens (tertiary/aromatic N) is 1. The molecule has 2 aliphatic heterocycles. The normalized spacial score (nSPS) is 23.9. The van der Waals surface area contributed by atoms with Crippen molar-refractivity contribution in [1.29, 1.82) is 0 Å². The van der Waals surface area contributed by atoms with Crippen molar-refractivity contribution in [2.75, 3.05) is 20.3 Å². The summed E-state index contributed by atoms with van der Waals surface area (Å²) in [4.78, 5) is 24.9. The van der Waals surface area contributed by atoms with E-state index in [1.165, 1.54) is 7.05 Å². The van der Waals surface area contributed by atoms with Crippen molar-refractivity contribution in [3.05, 3.63) is 34.9 Å². The number of rotatable bonds is 2. The number of amides is 2. The Balaban J connectivity index is 1.92. The number of aliphatic hydroxyl groups is 1. The first-order chi connectivity index (χ1) is 9.58. The maximum Gasteiger partial charge on any atom is 0.260 e. The van der Waals surface area contributed by atoms with Gasteiger partial charge in [-0.2, -0.15) is 0 Å². The van der Waals surface area contributed by atoms with Gasteiger partial charge in [0.25, 0.3) is 5.91 Å². The molecule has 2 amide bonds. The highest BCUT2D eigenvalue weighted by Gasteiger charge is 2.30. The van der Waals surface area contributed by atoms with Gasteiger partial charge in [-0.15, -0.1) is 0 Å². The molecule has 0 bridgehead atoms. The Kier molecular flexibility index (Phi) is 3.31. The number of aliphatic hydroxyl groups excluding tert-OH is 1. The van der Waals surface area contributed by atoms with Crippen LogP contribution in [0, 0.1) is 5.92 Å². The lowest BCUT2D eigenvalue weighted by molar-refractivity contribution is -0.127. The van der Waals surface area contributed by atoms with Gasteiger partial charge in [-0.3, -0.25) is 14.5 Å². The molecule has 0 aromatic heterocycles. The molecule has 1 fully saturated rings. The van der Waals surface area contributed by atoms with Gasteiger partial charge >= 0.3 is 0 Å². The molecule has 1 aromatic carbocycles. The van der Waals surface area contributed by atoms with Crippen LogP contribution in [-0.2, 0) is 16.0 Å². The number of likely N-dealkylation sites (N-methyl/N-ethyl adjacent to an activating group) is 1. The van der Waals surface area contributed by atoms with E-state index in [1.807, 2.05) is 0 Å². The van der Waals surface area contributed by atoms with Crippen LogP contribution in [0.4, 0.5) is 0 Å². The van der Waals surface area contributed by atoms with Crippen LogP contribution < -0.4 is 0 Å². The maximum atomic E-state index is 12.1. The summed E-state index contributed by atoms with van der Waals surface area (Å²) < 4.78 is 5.28. The lowest BCUT2D eigenvalue weighted by Crippen LogP contribution is -2.39. The van der Waals surface area contributed by atoms with Crippen molar-refractivity contribution in [3.8, 4) is 0 Å². The molecule has 1 saturated heterocycles. The van der Waals surface area contributed by atoms with Crippen LogP contribution >= 0.6 is 0 Å². The highest BCUT2D eigenvalue weighted by molar-refractivity contribution is 6.09. The zero-order chi connectivity index (χ0) is 14.3. The van der Waals surface area contributed by atoms with Crippen molar-refractivity contribution < 1.29 is 19.4 Å². The molecule has 106 valence electrons. The summed E-state index contributed by atoms with van der Waals surface area (Å²) in [6.45, 7) is 1.22. The Hall–Kier alpha value is -1.72. The SMILES string of the molecule is CN1C(=O)Cc2ccc(C(O)C3CCOC3)cc2C1=O. The fourth-order valence-electron chi connectivity index (χ4n) is 2.78.